The summed E-state index contributed by atoms with van der Waals surface area (Å²) in [6, 6.07) is 10.7. The van der Waals surface area contributed by atoms with Crippen LogP contribution in [-0.4, -0.2) is 63.7 Å². The molecule has 0 spiro atoms. The third-order valence-corrected chi connectivity index (χ3v) is 7.76. The van der Waals surface area contributed by atoms with Gasteiger partial charge in [0.05, 0.1) is 37.9 Å². The first-order chi connectivity index (χ1) is 19.1. The number of hydrogen-bond acceptors (Lipinski definition) is 10. The zero-order chi connectivity index (χ0) is 29.0. The average molecular weight is 568 g/mol. The molecule has 4 rings (SSSR count). The Labute approximate surface area is 233 Å². The van der Waals surface area contributed by atoms with E-state index in [0.29, 0.717) is 34.3 Å². The molecule has 0 unspecified atom stereocenters. The number of pyridine rings is 1. The number of hydrogen-bond donors (Lipinski definition) is 1. The van der Waals surface area contributed by atoms with Crippen LogP contribution in [0.4, 0.5) is 5.95 Å². The van der Waals surface area contributed by atoms with Gasteiger partial charge in [-0.1, -0.05) is 12.1 Å². The van der Waals surface area contributed by atoms with Gasteiger partial charge in [0, 0.05) is 11.9 Å². The third kappa shape index (κ3) is 6.05. The minimum Gasteiger partial charge on any atom is -0.494 e. The molecule has 0 aliphatic heterocycles. The van der Waals surface area contributed by atoms with Crippen LogP contribution in [-0.2, 0) is 14.8 Å². The fourth-order valence-corrected chi connectivity index (χ4v) is 5.20. The number of aromatic nitrogens is 6. The Kier molecular flexibility index (Phi) is 8.64. The number of anilines is 1. The highest BCUT2D eigenvalue weighted by atomic mass is 32.2. The molecule has 40 heavy (non-hydrogen) atoms. The van der Waals surface area contributed by atoms with Crippen molar-refractivity contribution in [1.82, 2.24) is 29.7 Å². The lowest BCUT2D eigenvalue weighted by atomic mass is 10.2. The molecule has 0 aliphatic rings. The number of nitrogens with one attached hydrogen (secondary N) is 1. The van der Waals surface area contributed by atoms with E-state index in [0.717, 1.165) is 5.69 Å². The van der Waals surface area contributed by atoms with Crippen molar-refractivity contribution in [2.45, 2.75) is 52.1 Å². The fraction of sp³-hybridized carbons (Fsp3) is 0.370. The van der Waals surface area contributed by atoms with E-state index < -0.39 is 21.4 Å². The lowest BCUT2D eigenvalue weighted by molar-refractivity contribution is 0.00394. The first kappa shape index (κ1) is 28.9. The van der Waals surface area contributed by atoms with Gasteiger partial charge < -0.3 is 14.2 Å². The number of aryl methyl sites for hydroxylation is 2. The van der Waals surface area contributed by atoms with E-state index in [1.807, 2.05) is 32.9 Å². The maximum atomic E-state index is 13.9. The van der Waals surface area contributed by atoms with Gasteiger partial charge in [0.25, 0.3) is 0 Å². The van der Waals surface area contributed by atoms with E-state index in [1.54, 1.807) is 44.3 Å². The van der Waals surface area contributed by atoms with Crippen LogP contribution >= 0.6 is 0 Å². The average Bonchev–Trinajstić information content (AvgIpc) is 3.33. The van der Waals surface area contributed by atoms with Gasteiger partial charge in [-0.25, -0.2) is 13.4 Å². The van der Waals surface area contributed by atoms with E-state index >= 15 is 0 Å². The molecular weight excluding hydrogens is 534 g/mol. The molecule has 3 aromatic heterocycles. The second kappa shape index (κ2) is 12.0. The maximum Gasteiger partial charge on any atom is 0.243 e. The van der Waals surface area contributed by atoms with E-state index in [1.165, 1.54) is 25.0 Å². The minimum atomic E-state index is -4.13. The normalized spacial score (nSPS) is 13.2. The Bertz CT molecular complexity index is 1550. The van der Waals surface area contributed by atoms with Crippen molar-refractivity contribution >= 4 is 16.0 Å². The summed E-state index contributed by atoms with van der Waals surface area (Å²) >= 11 is 0. The first-order valence-electron chi connectivity index (χ1n) is 12.6. The van der Waals surface area contributed by atoms with Crippen molar-refractivity contribution in [2.75, 3.05) is 18.9 Å². The number of benzene rings is 1. The molecule has 3 heterocycles. The molecular formula is C27H33N7O5S. The Morgan fingerprint density at radius 2 is 1.55 bits per heavy atom. The Morgan fingerprint density at radius 1 is 0.875 bits per heavy atom. The van der Waals surface area contributed by atoms with Gasteiger partial charge in [-0.3, -0.25) is 19.3 Å². The minimum absolute atomic E-state index is 0.0776. The van der Waals surface area contributed by atoms with Crippen LogP contribution in [0, 0.1) is 13.8 Å². The van der Waals surface area contributed by atoms with Crippen LogP contribution in [0.15, 0.2) is 48.8 Å². The first-order valence-corrected chi connectivity index (χ1v) is 14.2. The summed E-state index contributed by atoms with van der Waals surface area (Å²) in [5.74, 6) is 1.04. The van der Waals surface area contributed by atoms with Crippen LogP contribution in [0.1, 0.15) is 44.0 Å². The van der Waals surface area contributed by atoms with Crippen molar-refractivity contribution in [3.63, 3.8) is 0 Å². The van der Waals surface area contributed by atoms with Crippen LogP contribution in [0.3, 0.4) is 0 Å². The summed E-state index contributed by atoms with van der Waals surface area (Å²) in [6.45, 7) is 8.85. The summed E-state index contributed by atoms with van der Waals surface area (Å²) in [5, 5.41) is 7.46. The number of methoxy groups -OCH3 is 2. The van der Waals surface area contributed by atoms with E-state index in [9.17, 15) is 8.42 Å². The van der Waals surface area contributed by atoms with Gasteiger partial charge in [-0.15, -0.1) is 10.2 Å². The molecule has 13 heteroatoms. The highest BCUT2D eigenvalue weighted by Gasteiger charge is 2.35. The zero-order valence-electron chi connectivity index (χ0n) is 23.5. The molecule has 12 nitrogen and oxygen atoms in total. The molecule has 0 saturated heterocycles. The van der Waals surface area contributed by atoms with Crippen molar-refractivity contribution in [2.24, 2.45) is 0 Å². The summed E-state index contributed by atoms with van der Waals surface area (Å²) in [4.78, 5) is 13.2. The standard InChI is InChI=1S/C27H33N7O5S/c1-16(2)39-25(21-15-28-18(4)14-29-21)19(5)40(35,36)33-27-32-31-26(20-11-8-10-17(3)30-20)34(27)24-22(37-6)12-9-13-23(24)38-7/h8-16,19,25H,1-7H3,(H,32,33)/t19-,25+/m1/s1. The molecule has 212 valence electrons. The SMILES string of the molecule is COc1cccc(OC)c1-n1c(NS(=O)(=O)[C@H](C)[C@H](OC(C)C)c2cnc(C)cn2)nnc1-c1cccc(C)n1. The molecule has 0 aliphatic carbocycles. The predicted molar refractivity (Wildman–Crippen MR) is 150 cm³/mol. The second-order valence-corrected chi connectivity index (χ2v) is 11.4. The molecule has 0 saturated carbocycles. The fourth-order valence-electron chi connectivity index (χ4n) is 4.09. The monoisotopic (exact) mass is 567 g/mol. The van der Waals surface area contributed by atoms with Gasteiger partial charge in [0.2, 0.25) is 16.0 Å². The quantitative estimate of drug-likeness (QED) is 0.282. The van der Waals surface area contributed by atoms with Crippen molar-refractivity contribution in [3.05, 3.63) is 65.9 Å². The van der Waals surface area contributed by atoms with Gasteiger partial charge in [-0.05, 0) is 58.9 Å². The summed E-state index contributed by atoms with van der Waals surface area (Å²) in [6.07, 6.45) is 1.93. The highest BCUT2D eigenvalue weighted by Crippen LogP contribution is 2.38. The molecule has 0 bridgehead atoms. The zero-order valence-corrected chi connectivity index (χ0v) is 24.3. The number of nitrogens with zero attached hydrogens (tertiary/aromatic N) is 6. The van der Waals surface area contributed by atoms with Crippen LogP contribution < -0.4 is 14.2 Å². The van der Waals surface area contributed by atoms with E-state index in [4.69, 9.17) is 14.2 Å². The van der Waals surface area contributed by atoms with Gasteiger partial charge >= 0.3 is 0 Å². The van der Waals surface area contributed by atoms with Crippen LogP contribution in [0.5, 0.6) is 11.5 Å². The van der Waals surface area contributed by atoms with E-state index in [2.05, 4.69) is 29.9 Å². The summed E-state index contributed by atoms with van der Waals surface area (Å²) in [5.41, 5.74) is 2.74. The van der Waals surface area contributed by atoms with Crippen molar-refractivity contribution < 1.29 is 22.6 Å². The Morgan fingerprint density at radius 3 is 2.12 bits per heavy atom. The van der Waals surface area contributed by atoms with Crippen molar-refractivity contribution in [3.8, 4) is 28.7 Å². The predicted octanol–water partition coefficient (Wildman–Crippen LogP) is 4.05. The topological polar surface area (TPSA) is 143 Å². The Balaban J connectivity index is 1.85. The number of rotatable bonds is 11. The molecule has 0 amide bonds. The smallest absolute Gasteiger partial charge is 0.243 e. The van der Waals surface area contributed by atoms with Crippen LogP contribution in [0.2, 0.25) is 0 Å². The summed E-state index contributed by atoms with van der Waals surface area (Å²) in [7, 11) is -1.11. The Hall–Kier alpha value is -4.10. The largest absolute Gasteiger partial charge is 0.494 e. The lowest BCUT2D eigenvalue weighted by Gasteiger charge is -2.26. The molecule has 1 aromatic carbocycles. The second-order valence-electron chi connectivity index (χ2n) is 9.40. The molecule has 0 radical (unpaired) electrons. The maximum absolute atomic E-state index is 13.9. The molecule has 1 N–H and O–H groups in total. The van der Waals surface area contributed by atoms with Crippen LogP contribution in [0.25, 0.3) is 17.2 Å². The van der Waals surface area contributed by atoms with Gasteiger partial charge in [0.1, 0.15) is 34.2 Å². The molecule has 0 fully saturated rings. The highest BCUT2D eigenvalue weighted by molar-refractivity contribution is 7.93. The number of para-hydroxylation sites is 1. The van der Waals surface area contributed by atoms with Gasteiger partial charge in [-0.2, -0.15) is 0 Å². The lowest BCUT2D eigenvalue weighted by Crippen LogP contribution is -2.34. The van der Waals surface area contributed by atoms with E-state index in [-0.39, 0.29) is 17.9 Å². The van der Waals surface area contributed by atoms with Gasteiger partial charge in [0.15, 0.2) is 5.82 Å². The molecule has 4 aromatic rings. The summed E-state index contributed by atoms with van der Waals surface area (Å²) < 4.78 is 49.1. The third-order valence-electron chi connectivity index (χ3n) is 6.07. The van der Waals surface area contributed by atoms with Crippen molar-refractivity contribution in [1.29, 1.82) is 0 Å². The number of sulfonamides is 1. The molecule has 2 atom stereocenters. The number of ether oxygens (including phenoxy) is 3.